The minimum absolute atomic E-state index is 0.0124. The molecule has 1 aromatic rings. The summed E-state index contributed by atoms with van der Waals surface area (Å²) in [5.74, 6) is 1.18. The van der Waals surface area contributed by atoms with E-state index in [1.165, 1.54) is 5.56 Å². The van der Waals surface area contributed by atoms with Crippen molar-refractivity contribution >= 4 is 5.78 Å². The van der Waals surface area contributed by atoms with Crippen molar-refractivity contribution in [2.45, 2.75) is 18.9 Å². The molecule has 1 aliphatic heterocycles. The molecule has 1 N–H and O–H groups in total. The summed E-state index contributed by atoms with van der Waals surface area (Å²) in [6.45, 7) is 0.819. The van der Waals surface area contributed by atoms with Crippen LogP contribution in [0.25, 0.3) is 0 Å². The molecule has 1 atom stereocenters. The second-order valence-corrected chi connectivity index (χ2v) is 3.78. The summed E-state index contributed by atoms with van der Waals surface area (Å²) in [5, 5.41) is 3.20. The first-order valence-corrected chi connectivity index (χ1v) is 5.18. The van der Waals surface area contributed by atoms with E-state index >= 15 is 0 Å². The van der Waals surface area contributed by atoms with Gasteiger partial charge in [0.2, 0.25) is 0 Å². The summed E-state index contributed by atoms with van der Waals surface area (Å²) >= 11 is 0. The van der Waals surface area contributed by atoms with Crippen LogP contribution in [0.3, 0.4) is 0 Å². The van der Waals surface area contributed by atoms with Crippen LogP contribution in [0, 0.1) is 0 Å². The molecule has 3 heteroatoms. The van der Waals surface area contributed by atoms with Gasteiger partial charge in [0.15, 0.2) is 5.78 Å². The van der Waals surface area contributed by atoms with E-state index in [1.54, 1.807) is 7.11 Å². The van der Waals surface area contributed by atoms with Crippen molar-refractivity contribution in [2.75, 3.05) is 13.7 Å². The molecule has 0 spiro atoms. The highest BCUT2D eigenvalue weighted by Gasteiger charge is 2.23. The third-order valence-corrected chi connectivity index (χ3v) is 2.75. The molecular formula is C12H15NO2. The third-order valence-electron chi connectivity index (χ3n) is 2.75. The standard InChI is InChI=1S/C12H15NO2/c1-15-10-4-2-9(3-5-10)8-11-12(14)6-7-13-11/h2-5,11,13H,6-8H2,1H3. The molecule has 1 saturated heterocycles. The fourth-order valence-electron chi connectivity index (χ4n) is 1.84. The average Bonchev–Trinajstić information content (AvgIpc) is 2.66. The van der Waals surface area contributed by atoms with Gasteiger partial charge >= 0.3 is 0 Å². The predicted molar refractivity (Wildman–Crippen MR) is 58.1 cm³/mol. The monoisotopic (exact) mass is 205 g/mol. The second-order valence-electron chi connectivity index (χ2n) is 3.78. The number of methoxy groups -OCH3 is 1. The Bertz CT molecular complexity index is 345. The molecule has 0 radical (unpaired) electrons. The minimum atomic E-state index is 0.0124. The number of carbonyl (C=O) groups is 1. The highest BCUT2D eigenvalue weighted by molar-refractivity contribution is 5.86. The Kier molecular flexibility index (Phi) is 3.02. The first-order valence-electron chi connectivity index (χ1n) is 5.18. The second kappa shape index (κ2) is 4.45. The van der Waals surface area contributed by atoms with Crippen molar-refractivity contribution < 1.29 is 9.53 Å². The molecule has 1 aliphatic rings. The van der Waals surface area contributed by atoms with Crippen LogP contribution in [0.15, 0.2) is 24.3 Å². The molecule has 0 saturated carbocycles. The predicted octanol–water partition coefficient (Wildman–Crippen LogP) is 1.17. The van der Waals surface area contributed by atoms with Crippen molar-refractivity contribution in [1.82, 2.24) is 5.32 Å². The topological polar surface area (TPSA) is 38.3 Å². The van der Waals surface area contributed by atoms with Gasteiger partial charge in [-0.1, -0.05) is 12.1 Å². The molecule has 80 valence electrons. The lowest BCUT2D eigenvalue weighted by Gasteiger charge is -2.09. The normalized spacial score (nSPS) is 20.6. The van der Waals surface area contributed by atoms with Gasteiger partial charge in [-0.3, -0.25) is 4.79 Å². The zero-order valence-corrected chi connectivity index (χ0v) is 8.82. The number of ketones is 1. The van der Waals surface area contributed by atoms with Crippen LogP contribution in [-0.2, 0) is 11.2 Å². The maximum atomic E-state index is 11.4. The van der Waals surface area contributed by atoms with Gasteiger partial charge < -0.3 is 10.1 Å². The van der Waals surface area contributed by atoms with Crippen molar-refractivity contribution in [3.05, 3.63) is 29.8 Å². The lowest BCUT2D eigenvalue weighted by molar-refractivity contribution is -0.118. The number of hydrogen-bond acceptors (Lipinski definition) is 3. The Hall–Kier alpha value is -1.35. The molecule has 0 amide bonds. The number of benzene rings is 1. The maximum Gasteiger partial charge on any atom is 0.151 e. The van der Waals surface area contributed by atoms with Crippen LogP contribution < -0.4 is 10.1 Å². The molecule has 0 aromatic heterocycles. The first kappa shape index (κ1) is 10.2. The van der Waals surface area contributed by atoms with E-state index in [0.717, 1.165) is 18.7 Å². The number of hydrogen-bond donors (Lipinski definition) is 1. The molecular weight excluding hydrogens is 190 g/mol. The van der Waals surface area contributed by atoms with Crippen LogP contribution in [0.5, 0.6) is 5.75 Å². The van der Waals surface area contributed by atoms with Gasteiger partial charge in [0.1, 0.15) is 5.75 Å². The van der Waals surface area contributed by atoms with Crippen LogP contribution in [0.4, 0.5) is 0 Å². The summed E-state index contributed by atoms with van der Waals surface area (Å²) in [6, 6.07) is 7.88. The summed E-state index contributed by atoms with van der Waals surface area (Å²) < 4.78 is 5.08. The molecule has 2 rings (SSSR count). The zero-order valence-electron chi connectivity index (χ0n) is 8.82. The molecule has 0 aliphatic carbocycles. The van der Waals surface area contributed by atoms with Gasteiger partial charge in [0.25, 0.3) is 0 Å². The van der Waals surface area contributed by atoms with Gasteiger partial charge in [0.05, 0.1) is 13.2 Å². The average molecular weight is 205 g/mol. The largest absolute Gasteiger partial charge is 0.497 e. The number of rotatable bonds is 3. The van der Waals surface area contributed by atoms with E-state index in [1.807, 2.05) is 24.3 Å². The van der Waals surface area contributed by atoms with Gasteiger partial charge in [0, 0.05) is 13.0 Å². The number of carbonyl (C=O) groups excluding carboxylic acids is 1. The van der Waals surface area contributed by atoms with Crippen LogP contribution >= 0.6 is 0 Å². The van der Waals surface area contributed by atoms with Gasteiger partial charge in [-0.25, -0.2) is 0 Å². The fourth-order valence-corrected chi connectivity index (χ4v) is 1.84. The Morgan fingerprint density at radius 1 is 1.40 bits per heavy atom. The van der Waals surface area contributed by atoms with Crippen molar-refractivity contribution in [3.63, 3.8) is 0 Å². The quantitative estimate of drug-likeness (QED) is 0.805. The lowest BCUT2D eigenvalue weighted by Crippen LogP contribution is -2.29. The number of Topliss-reactive ketones (excluding diaryl/α,β-unsaturated/α-hetero) is 1. The van der Waals surface area contributed by atoms with E-state index in [-0.39, 0.29) is 6.04 Å². The van der Waals surface area contributed by atoms with E-state index in [4.69, 9.17) is 4.74 Å². The molecule has 3 nitrogen and oxygen atoms in total. The van der Waals surface area contributed by atoms with Gasteiger partial charge in [-0.05, 0) is 24.1 Å². The SMILES string of the molecule is COc1ccc(CC2NCCC2=O)cc1. The molecule has 0 bridgehead atoms. The minimum Gasteiger partial charge on any atom is -0.497 e. The lowest BCUT2D eigenvalue weighted by atomic mass is 10.0. The maximum absolute atomic E-state index is 11.4. The smallest absolute Gasteiger partial charge is 0.151 e. The molecule has 1 unspecified atom stereocenters. The summed E-state index contributed by atoms with van der Waals surface area (Å²) in [5.41, 5.74) is 1.17. The fraction of sp³-hybridized carbons (Fsp3) is 0.417. The van der Waals surface area contributed by atoms with E-state index in [0.29, 0.717) is 12.2 Å². The van der Waals surface area contributed by atoms with Gasteiger partial charge in [-0.2, -0.15) is 0 Å². The molecule has 1 fully saturated rings. The van der Waals surface area contributed by atoms with Crippen molar-refractivity contribution in [3.8, 4) is 5.75 Å². The number of ether oxygens (including phenoxy) is 1. The van der Waals surface area contributed by atoms with Crippen LogP contribution in [0.2, 0.25) is 0 Å². The summed E-state index contributed by atoms with van der Waals surface area (Å²) in [7, 11) is 1.65. The first-order chi connectivity index (χ1) is 7.29. The van der Waals surface area contributed by atoms with E-state index in [9.17, 15) is 4.79 Å². The zero-order chi connectivity index (χ0) is 10.7. The molecule has 1 aromatic carbocycles. The third kappa shape index (κ3) is 2.36. The highest BCUT2D eigenvalue weighted by Crippen LogP contribution is 2.14. The molecule has 15 heavy (non-hydrogen) atoms. The van der Waals surface area contributed by atoms with Crippen LogP contribution in [0.1, 0.15) is 12.0 Å². The van der Waals surface area contributed by atoms with E-state index in [2.05, 4.69) is 5.32 Å². The Balaban J connectivity index is 2.01. The summed E-state index contributed by atoms with van der Waals surface area (Å²) in [6.07, 6.45) is 1.45. The Morgan fingerprint density at radius 3 is 2.67 bits per heavy atom. The van der Waals surface area contributed by atoms with Crippen molar-refractivity contribution in [1.29, 1.82) is 0 Å². The summed E-state index contributed by atoms with van der Waals surface area (Å²) in [4.78, 5) is 11.4. The van der Waals surface area contributed by atoms with Gasteiger partial charge in [-0.15, -0.1) is 0 Å². The van der Waals surface area contributed by atoms with E-state index < -0.39 is 0 Å². The number of nitrogens with one attached hydrogen (secondary N) is 1. The molecule has 1 heterocycles. The Morgan fingerprint density at radius 2 is 2.13 bits per heavy atom. The van der Waals surface area contributed by atoms with Crippen LogP contribution in [-0.4, -0.2) is 25.5 Å². The highest BCUT2D eigenvalue weighted by atomic mass is 16.5. The Labute approximate surface area is 89.4 Å². The van der Waals surface area contributed by atoms with Crippen molar-refractivity contribution in [2.24, 2.45) is 0 Å².